The second kappa shape index (κ2) is 4.33. The minimum atomic E-state index is 0.105. The van der Waals surface area contributed by atoms with Gasteiger partial charge in [0.15, 0.2) is 11.4 Å². The van der Waals surface area contributed by atoms with Crippen molar-refractivity contribution in [2.24, 2.45) is 5.92 Å². The highest BCUT2D eigenvalue weighted by Gasteiger charge is 2.15. The molecule has 2 heterocycles. The van der Waals surface area contributed by atoms with Crippen molar-refractivity contribution in [3.63, 3.8) is 0 Å². The Hall–Kier alpha value is -1.23. The second-order valence-electron chi connectivity index (χ2n) is 4.11. The van der Waals surface area contributed by atoms with Crippen LogP contribution in [0.25, 0.3) is 11.2 Å². The zero-order chi connectivity index (χ0) is 11.7. The van der Waals surface area contributed by atoms with Crippen molar-refractivity contribution < 1.29 is 4.79 Å². The highest BCUT2D eigenvalue weighted by atomic mass is 79.9. The summed E-state index contributed by atoms with van der Waals surface area (Å²) in [6, 6.07) is 0. The van der Waals surface area contributed by atoms with Crippen molar-refractivity contribution in [1.29, 1.82) is 0 Å². The highest BCUT2D eigenvalue weighted by Crippen LogP contribution is 2.19. The van der Waals surface area contributed by atoms with Gasteiger partial charge in [0.2, 0.25) is 0 Å². The molecule has 84 valence electrons. The van der Waals surface area contributed by atoms with Crippen LogP contribution in [0.4, 0.5) is 0 Å². The number of carbonyl (C=O) groups excluding carboxylic acids is 1. The van der Waals surface area contributed by atoms with E-state index in [9.17, 15) is 4.79 Å². The predicted octanol–water partition coefficient (Wildman–Crippen LogP) is 2.95. The molecule has 0 unspecified atom stereocenters. The van der Waals surface area contributed by atoms with Crippen molar-refractivity contribution in [3.8, 4) is 0 Å². The number of nitrogens with one attached hydrogen (secondary N) is 1. The molecule has 0 atom stereocenters. The number of ketones is 1. The molecule has 0 aliphatic rings. The van der Waals surface area contributed by atoms with Crippen molar-refractivity contribution >= 4 is 32.9 Å². The Morgan fingerprint density at radius 2 is 2.31 bits per heavy atom. The Morgan fingerprint density at radius 3 is 3.00 bits per heavy atom. The number of fused-ring (bicyclic) bond motifs is 1. The van der Waals surface area contributed by atoms with E-state index in [-0.39, 0.29) is 5.78 Å². The van der Waals surface area contributed by atoms with E-state index in [1.165, 1.54) is 0 Å². The molecule has 0 aliphatic heterocycles. The molecule has 0 saturated carbocycles. The Kier molecular flexibility index (Phi) is 3.05. The number of aromatic nitrogens is 3. The number of carbonyl (C=O) groups is 1. The van der Waals surface area contributed by atoms with Gasteiger partial charge in [0.25, 0.3) is 0 Å². The topological polar surface area (TPSA) is 58.6 Å². The van der Waals surface area contributed by atoms with Crippen LogP contribution < -0.4 is 0 Å². The first-order valence-electron chi connectivity index (χ1n) is 5.10. The van der Waals surface area contributed by atoms with Crippen molar-refractivity contribution in [1.82, 2.24) is 15.0 Å². The SMILES string of the molecule is CC(C)CC(=O)c1c[nH]c2ncc(Br)nc12. The Bertz CT molecular complexity index is 533. The quantitative estimate of drug-likeness (QED) is 0.880. The van der Waals surface area contributed by atoms with Gasteiger partial charge in [-0.15, -0.1) is 0 Å². The van der Waals surface area contributed by atoms with Gasteiger partial charge in [-0.05, 0) is 21.8 Å². The van der Waals surface area contributed by atoms with E-state index >= 15 is 0 Å². The van der Waals surface area contributed by atoms with E-state index in [0.717, 1.165) is 0 Å². The average molecular weight is 282 g/mol. The Labute approximate surface area is 102 Å². The average Bonchev–Trinajstić information content (AvgIpc) is 2.59. The number of hydrogen-bond acceptors (Lipinski definition) is 3. The lowest BCUT2D eigenvalue weighted by Gasteiger charge is -2.01. The molecule has 0 bridgehead atoms. The molecular formula is C11H12BrN3O. The highest BCUT2D eigenvalue weighted by molar-refractivity contribution is 9.10. The number of aromatic amines is 1. The first kappa shape index (κ1) is 11.3. The van der Waals surface area contributed by atoms with E-state index in [2.05, 4.69) is 30.9 Å². The molecule has 0 aromatic carbocycles. The number of Topliss-reactive ketones (excluding diaryl/α,β-unsaturated/α-hetero) is 1. The largest absolute Gasteiger partial charge is 0.344 e. The lowest BCUT2D eigenvalue weighted by molar-refractivity contribution is 0.0969. The Balaban J connectivity index is 2.44. The third-order valence-corrected chi connectivity index (χ3v) is 2.63. The summed E-state index contributed by atoms with van der Waals surface area (Å²) >= 11 is 3.25. The molecule has 2 rings (SSSR count). The maximum absolute atomic E-state index is 11.9. The van der Waals surface area contributed by atoms with Crippen LogP contribution in [0.15, 0.2) is 17.0 Å². The van der Waals surface area contributed by atoms with E-state index in [1.54, 1.807) is 12.4 Å². The van der Waals surface area contributed by atoms with Crippen LogP contribution >= 0.6 is 15.9 Å². The molecule has 0 spiro atoms. The minimum absolute atomic E-state index is 0.105. The molecule has 16 heavy (non-hydrogen) atoms. The van der Waals surface area contributed by atoms with E-state index < -0.39 is 0 Å². The maximum atomic E-state index is 11.9. The van der Waals surface area contributed by atoms with Gasteiger partial charge in [0, 0.05) is 12.6 Å². The third kappa shape index (κ3) is 2.14. The number of rotatable bonds is 3. The van der Waals surface area contributed by atoms with Gasteiger partial charge in [-0.1, -0.05) is 13.8 Å². The van der Waals surface area contributed by atoms with Crippen LogP contribution in [0.1, 0.15) is 30.6 Å². The van der Waals surface area contributed by atoms with Crippen LogP contribution in [-0.2, 0) is 0 Å². The van der Waals surface area contributed by atoms with Crippen LogP contribution in [0.2, 0.25) is 0 Å². The molecule has 0 aliphatic carbocycles. The van der Waals surface area contributed by atoms with E-state index in [0.29, 0.717) is 33.7 Å². The summed E-state index contributed by atoms with van der Waals surface area (Å²) in [6.07, 6.45) is 3.82. The molecule has 5 heteroatoms. The van der Waals surface area contributed by atoms with Crippen LogP contribution in [-0.4, -0.2) is 20.7 Å². The standard InChI is InChI=1S/C11H12BrN3O/c1-6(2)3-8(16)7-4-13-11-10(7)15-9(12)5-14-11/h4-6H,3H2,1-2H3,(H,13,14). The van der Waals surface area contributed by atoms with Crippen molar-refractivity contribution in [2.75, 3.05) is 0 Å². The predicted molar refractivity (Wildman–Crippen MR) is 65.4 cm³/mol. The first-order valence-corrected chi connectivity index (χ1v) is 5.90. The normalized spacial score (nSPS) is 11.2. The first-order chi connectivity index (χ1) is 7.58. The van der Waals surface area contributed by atoms with Crippen LogP contribution in [0.3, 0.4) is 0 Å². The fourth-order valence-corrected chi connectivity index (χ4v) is 1.84. The summed E-state index contributed by atoms with van der Waals surface area (Å²) in [7, 11) is 0. The molecule has 0 amide bonds. The molecule has 2 aromatic rings. The Morgan fingerprint density at radius 1 is 1.56 bits per heavy atom. The zero-order valence-electron chi connectivity index (χ0n) is 9.12. The smallest absolute Gasteiger partial charge is 0.166 e. The summed E-state index contributed by atoms with van der Waals surface area (Å²) in [5.41, 5.74) is 1.91. The second-order valence-corrected chi connectivity index (χ2v) is 4.93. The lowest BCUT2D eigenvalue weighted by Crippen LogP contribution is -2.03. The molecular weight excluding hydrogens is 270 g/mol. The van der Waals surface area contributed by atoms with E-state index in [4.69, 9.17) is 0 Å². The fraction of sp³-hybridized carbons (Fsp3) is 0.364. The lowest BCUT2D eigenvalue weighted by atomic mass is 10.0. The summed E-state index contributed by atoms with van der Waals surface area (Å²) in [5.74, 6) is 0.450. The minimum Gasteiger partial charge on any atom is -0.344 e. The number of nitrogens with zero attached hydrogens (tertiary/aromatic N) is 2. The summed E-state index contributed by atoms with van der Waals surface area (Å²) in [6.45, 7) is 4.04. The van der Waals surface area contributed by atoms with Crippen molar-refractivity contribution in [2.45, 2.75) is 20.3 Å². The van der Waals surface area contributed by atoms with Gasteiger partial charge in [0.1, 0.15) is 10.1 Å². The van der Waals surface area contributed by atoms with Gasteiger partial charge in [0.05, 0.1) is 11.8 Å². The monoisotopic (exact) mass is 281 g/mol. The molecule has 0 saturated heterocycles. The number of halogens is 1. The molecule has 1 N–H and O–H groups in total. The fourth-order valence-electron chi connectivity index (χ4n) is 1.56. The maximum Gasteiger partial charge on any atom is 0.166 e. The third-order valence-electron chi connectivity index (χ3n) is 2.25. The number of H-pyrrole nitrogens is 1. The number of hydrogen-bond donors (Lipinski definition) is 1. The molecule has 0 fully saturated rings. The van der Waals surface area contributed by atoms with Crippen molar-refractivity contribution in [3.05, 3.63) is 22.6 Å². The summed E-state index contributed by atoms with van der Waals surface area (Å²) in [4.78, 5) is 23.3. The molecule has 2 aromatic heterocycles. The summed E-state index contributed by atoms with van der Waals surface area (Å²) in [5, 5.41) is 0. The van der Waals surface area contributed by atoms with Gasteiger partial charge in [-0.25, -0.2) is 9.97 Å². The zero-order valence-corrected chi connectivity index (χ0v) is 10.7. The molecule has 4 nitrogen and oxygen atoms in total. The van der Waals surface area contributed by atoms with Crippen LogP contribution in [0.5, 0.6) is 0 Å². The van der Waals surface area contributed by atoms with Gasteiger partial charge in [-0.2, -0.15) is 0 Å². The van der Waals surface area contributed by atoms with Gasteiger partial charge < -0.3 is 4.98 Å². The van der Waals surface area contributed by atoms with Gasteiger partial charge in [-0.3, -0.25) is 4.79 Å². The van der Waals surface area contributed by atoms with E-state index in [1.807, 2.05) is 13.8 Å². The van der Waals surface area contributed by atoms with Crippen LogP contribution in [0, 0.1) is 5.92 Å². The molecule has 0 radical (unpaired) electrons. The summed E-state index contributed by atoms with van der Waals surface area (Å²) < 4.78 is 0.637. The van der Waals surface area contributed by atoms with Gasteiger partial charge >= 0.3 is 0 Å².